The first-order chi connectivity index (χ1) is 42.3. The predicted molar refractivity (Wildman–Crippen MR) is 345 cm³/mol. The summed E-state index contributed by atoms with van der Waals surface area (Å²) in [6.45, 7) is 31.9. The van der Waals surface area contributed by atoms with Gasteiger partial charge in [0.15, 0.2) is 0 Å². The van der Waals surface area contributed by atoms with E-state index >= 15 is 0 Å². The van der Waals surface area contributed by atoms with Gasteiger partial charge < -0.3 is 63.4 Å². The van der Waals surface area contributed by atoms with Gasteiger partial charge in [-0.05, 0) is 154 Å². The van der Waals surface area contributed by atoms with Gasteiger partial charge >= 0.3 is 35.8 Å². The van der Waals surface area contributed by atoms with Crippen molar-refractivity contribution in [2.24, 2.45) is 0 Å². The van der Waals surface area contributed by atoms with Crippen LogP contribution in [0.15, 0.2) is 30.3 Å². The van der Waals surface area contributed by atoms with Crippen molar-refractivity contribution < 1.29 is 66.7 Å². The van der Waals surface area contributed by atoms with Crippen LogP contribution in [0.1, 0.15) is 187 Å². The third kappa shape index (κ3) is 32.6. The molecule has 0 spiro atoms. The predicted octanol–water partition coefficient (Wildman–Crippen LogP) is 9.01. The van der Waals surface area contributed by atoms with Gasteiger partial charge in [-0.1, -0.05) is 30.3 Å². The number of esters is 6. The summed E-state index contributed by atoms with van der Waals surface area (Å²) < 4.78 is 40.0. The fourth-order valence-electron chi connectivity index (χ4n) is 8.86. The van der Waals surface area contributed by atoms with E-state index in [-0.39, 0.29) is 131 Å². The average molecular weight is 1300 g/mol. The zero-order valence-electron chi connectivity index (χ0n) is 56.7. The summed E-state index contributed by atoms with van der Waals surface area (Å²) in [5.41, 5.74) is -3.44. The molecule has 0 atom stereocenters. The van der Waals surface area contributed by atoms with Crippen molar-refractivity contribution in [2.45, 2.75) is 222 Å². The molecule has 0 bridgehead atoms. The Balaban J connectivity index is 1.39. The number of hydrogen-bond donors (Lipinski definition) is 2. The molecule has 508 valence electrons. The molecule has 0 radical (unpaired) electrons. The van der Waals surface area contributed by atoms with E-state index in [1.807, 2.05) is 62.9 Å². The highest BCUT2D eigenvalue weighted by Gasteiger charge is 2.31. The Labute approximate surface area is 542 Å². The van der Waals surface area contributed by atoms with E-state index < -0.39 is 63.5 Å². The monoisotopic (exact) mass is 1300 g/mol. The molecule has 1 aliphatic heterocycles. The van der Waals surface area contributed by atoms with Crippen molar-refractivity contribution in [3.05, 3.63) is 41.2 Å². The third-order valence-electron chi connectivity index (χ3n) is 13.2. The lowest BCUT2D eigenvalue weighted by Gasteiger charge is -2.35. The Morgan fingerprint density at radius 1 is 0.484 bits per heavy atom. The smallest absolute Gasteiger partial charge is 0.308 e. The molecule has 1 amide bonds. The third-order valence-corrected chi connectivity index (χ3v) is 13.3. The van der Waals surface area contributed by atoms with Gasteiger partial charge in [-0.3, -0.25) is 33.6 Å². The van der Waals surface area contributed by atoms with Crippen LogP contribution in [0, 0.1) is 0 Å². The molecule has 1 fully saturated rings. The van der Waals surface area contributed by atoms with E-state index in [9.17, 15) is 33.6 Å². The minimum absolute atomic E-state index is 0.00346. The lowest BCUT2D eigenvalue weighted by Crippen LogP contribution is -2.49. The highest BCUT2D eigenvalue weighted by Crippen LogP contribution is 2.27. The molecule has 1 aromatic carbocycles. The second-order valence-electron chi connectivity index (χ2n) is 27.5. The number of nitrogens with zero attached hydrogens (tertiary/aromatic N) is 10. The number of hydrogen-bond acceptors (Lipinski definition) is 25. The number of anilines is 5. The number of aromatic nitrogens is 6. The maximum absolute atomic E-state index is 13.8. The number of benzene rings is 1. The zero-order chi connectivity index (χ0) is 67.8. The molecule has 2 aromatic heterocycles. The quantitative estimate of drug-likeness (QED) is 0.0315. The normalized spacial score (nSPS) is 13.2. The molecule has 0 unspecified atom stereocenters. The molecule has 1 saturated heterocycles. The highest BCUT2D eigenvalue weighted by molar-refractivity contribution is 6.28. The standard InChI is InChI=1S/C64H101ClN12O14/c1-59(2,3)87-48(80)26-34-67-55-71-57(73-58(72-55)77-41-39-74(40-42-77)46(78)24-20-25-47(79)85-44-45-22-18-17-19-23-45)76(37-29-51(83)90-62(10,11)12)38-30-52(84)91-64(15,16)32-31-63(13,14)86-43-21-33-66-54-68-53(65)69-56(70-54)75(35-27-49(81)88-60(4,5)6)36-28-50(82)89-61(7,8)9/h17-19,22-23H,20-21,24-44H2,1-16H3,(H,66,68,69,70)(H,67,71,72,73). The van der Waals surface area contributed by atoms with E-state index in [4.69, 9.17) is 59.7 Å². The van der Waals surface area contributed by atoms with Crippen LogP contribution in [-0.2, 0) is 73.3 Å². The molecule has 4 rings (SSSR count). The lowest BCUT2D eigenvalue weighted by atomic mass is 9.93. The fourth-order valence-corrected chi connectivity index (χ4v) is 9.02. The number of carbonyl (C=O) groups excluding carboxylic acids is 7. The van der Waals surface area contributed by atoms with Gasteiger partial charge in [-0.25, -0.2) is 0 Å². The maximum Gasteiger partial charge on any atom is 0.308 e. The van der Waals surface area contributed by atoms with E-state index in [1.54, 1.807) is 97.8 Å². The van der Waals surface area contributed by atoms with Crippen LogP contribution in [0.2, 0.25) is 5.28 Å². The molecule has 1 aliphatic rings. The van der Waals surface area contributed by atoms with Gasteiger partial charge in [0, 0.05) is 84.9 Å². The molecule has 3 aromatic rings. The first kappa shape index (κ1) is 76.2. The van der Waals surface area contributed by atoms with Crippen LogP contribution in [-0.4, -0.2) is 182 Å². The van der Waals surface area contributed by atoms with Crippen molar-refractivity contribution in [1.82, 2.24) is 34.8 Å². The Morgan fingerprint density at radius 3 is 1.44 bits per heavy atom. The van der Waals surface area contributed by atoms with Gasteiger partial charge in [-0.2, -0.15) is 29.9 Å². The van der Waals surface area contributed by atoms with Crippen LogP contribution >= 0.6 is 11.6 Å². The molecule has 26 nitrogen and oxygen atoms in total. The number of rotatable bonds is 35. The van der Waals surface area contributed by atoms with Gasteiger partial charge in [-0.15, -0.1) is 0 Å². The summed E-state index contributed by atoms with van der Waals surface area (Å²) in [7, 11) is 0. The molecule has 3 heterocycles. The van der Waals surface area contributed by atoms with E-state index in [0.717, 1.165) is 5.56 Å². The lowest BCUT2D eigenvalue weighted by molar-refractivity contribution is -0.158. The Bertz CT molecular complexity index is 2810. The van der Waals surface area contributed by atoms with Gasteiger partial charge in [0.2, 0.25) is 40.9 Å². The minimum Gasteiger partial charge on any atom is -0.461 e. The topological polar surface area (TPSA) is 298 Å². The van der Waals surface area contributed by atoms with Crippen molar-refractivity contribution in [3.8, 4) is 0 Å². The summed E-state index contributed by atoms with van der Waals surface area (Å²) >= 11 is 6.38. The molecule has 91 heavy (non-hydrogen) atoms. The number of piperazine rings is 1. The van der Waals surface area contributed by atoms with Crippen molar-refractivity contribution >= 4 is 83.1 Å². The van der Waals surface area contributed by atoms with Gasteiger partial charge in [0.05, 0.1) is 37.7 Å². The Kier molecular flexibility index (Phi) is 29.3. The Morgan fingerprint density at radius 2 is 0.934 bits per heavy atom. The molecular formula is C64H101ClN12O14. The van der Waals surface area contributed by atoms with E-state index in [1.165, 1.54) is 0 Å². The van der Waals surface area contributed by atoms with Crippen LogP contribution in [0.3, 0.4) is 0 Å². The highest BCUT2D eigenvalue weighted by atomic mass is 35.5. The summed E-state index contributed by atoms with van der Waals surface area (Å²) in [5, 5.41) is 6.22. The van der Waals surface area contributed by atoms with Gasteiger partial charge in [0.1, 0.15) is 34.6 Å². The largest absolute Gasteiger partial charge is 0.461 e. The first-order valence-electron chi connectivity index (χ1n) is 31.4. The van der Waals surface area contributed by atoms with Gasteiger partial charge in [0.25, 0.3) is 0 Å². The van der Waals surface area contributed by atoms with Crippen molar-refractivity contribution in [3.63, 3.8) is 0 Å². The second-order valence-corrected chi connectivity index (χ2v) is 27.8. The van der Waals surface area contributed by atoms with Crippen LogP contribution in [0.4, 0.5) is 29.7 Å². The van der Waals surface area contributed by atoms with Crippen molar-refractivity contribution in [2.75, 3.05) is 97.4 Å². The molecule has 27 heteroatoms. The number of amides is 1. The SMILES string of the molecule is CC(C)(C)OC(=O)CCNc1nc(N(CCC(=O)OC(C)(C)C)CCC(=O)OC(C)(C)CCC(C)(C)OCCCNc2nc(Cl)nc(N(CCC(=O)OC(C)(C)C)CCC(=O)OC(C)(C)C)n2)nc(N2CCN(C(=O)CCCC(=O)OCc3ccccc3)CC2)n1. The van der Waals surface area contributed by atoms with Crippen LogP contribution < -0.4 is 25.3 Å². The zero-order valence-corrected chi connectivity index (χ0v) is 57.5. The summed E-state index contributed by atoms with van der Waals surface area (Å²) in [6, 6.07) is 9.38. The average Bonchev–Trinajstić information content (AvgIpc) is 0.993. The minimum atomic E-state index is -0.909. The molecule has 0 saturated carbocycles. The summed E-state index contributed by atoms with van der Waals surface area (Å²) in [4.78, 5) is 125. The molecular weight excluding hydrogens is 1200 g/mol. The Hall–Kier alpha value is -7.22. The van der Waals surface area contributed by atoms with Crippen LogP contribution in [0.25, 0.3) is 0 Å². The molecule has 0 aliphatic carbocycles. The maximum atomic E-state index is 13.8. The van der Waals surface area contributed by atoms with E-state index in [0.29, 0.717) is 65.0 Å². The number of halogens is 1. The van der Waals surface area contributed by atoms with Crippen molar-refractivity contribution in [1.29, 1.82) is 0 Å². The fraction of sp³-hybridized carbons (Fsp3) is 0.703. The molecule has 2 N–H and O–H groups in total. The summed E-state index contributed by atoms with van der Waals surface area (Å²) in [5.74, 6) is -1.76. The second kappa shape index (κ2) is 35.0. The van der Waals surface area contributed by atoms with E-state index in [2.05, 4.69) is 25.6 Å². The van der Waals surface area contributed by atoms with Crippen LogP contribution in [0.5, 0.6) is 0 Å². The number of ether oxygens (including phenoxy) is 7. The number of carbonyl (C=O) groups is 7. The summed E-state index contributed by atoms with van der Waals surface area (Å²) in [6.07, 6.45) is 2.01. The first-order valence-corrected chi connectivity index (χ1v) is 31.8. The number of nitrogens with one attached hydrogen (secondary N) is 2.